The molecule has 0 radical (unpaired) electrons. The second kappa shape index (κ2) is 5.40. The van der Waals surface area contributed by atoms with Crippen molar-refractivity contribution in [1.82, 2.24) is 4.31 Å². The lowest BCUT2D eigenvalue weighted by atomic mass is 10.1. The third kappa shape index (κ3) is 2.85. The SMILES string of the molecule is CC1(C)COCCN1S(=O)(=O)c1cccc(C(N)=S)c1. The Balaban J connectivity index is 2.44. The first kappa shape index (κ1) is 15.4. The van der Waals surface area contributed by atoms with Gasteiger partial charge in [0.2, 0.25) is 10.0 Å². The molecule has 0 amide bonds. The van der Waals surface area contributed by atoms with Crippen molar-refractivity contribution < 1.29 is 13.2 Å². The van der Waals surface area contributed by atoms with Gasteiger partial charge < -0.3 is 10.5 Å². The van der Waals surface area contributed by atoms with Crippen LogP contribution in [0.1, 0.15) is 19.4 Å². The van der Waals surface area contributed by atoms with Crippen LogP contribution in [0.3, 0.4) is 0 Å². The second-order valence-corrected chi connectivity index (χ2v) is 7.64. The third-order valence-corrected chi connectivity index (χ3v) is 5.62. The van der Waals surface area contributed by atoms with Gasteiger partial charge in [0.1, 0.15) is 4.99 Å². The van der Waals surface area contributed by atoms with Crippen LogP contribution in [-0.2, 0) is 14.8 Å². The highest BCUT2D eigenvalue weighted by Gasteiger charge is 2.39. The summed E-state index contributed by atoms with van der Waals surface area (Å²) in [6.07, 6.45) is 0. The molecule has 1 saturated heterocycles. The molecule has 0 spiro atoms. The maximum Gasteiger partial charge on any atom is 0.243 e. The summed E-state index contributed by atoms with van der Waals surface area (Å²) in [6.45, 7) is 4.81. The molecule has 1 heterocycles. The highest BCUT2D eigenvalue weighted by atomic mass is 32.2. The summed E-state index contributed by atoms with van der Waals surface area (Å²) in [6, 6.07) is 6.42. The van der Waals surface area contributed by atoms with Gasteiger partial charge in [-0.05, 0) is 26.0 Å². The summed E-state index contributed by atoms with van der Waals surface area (Å²) in [5.41, 5.74) is 5.54. The molecule has 0 bridgehead atoms. The van der Waals surface area contributed by atoms with Crippen LogP contribution >= 0.6 is 12.2 Å². The van der Waals surface area contributed by atoms with E-state index in [1.54, 1.807) is 18.2 Å². The average molecular weight is 314 g/mol. The van der Waals surface area contributed by atoms with Gasteiger partial charge in [0.15, 0.2) is 0 Å². The maximum absolute atomic E-state index is 12.8. The van der Waals surface area contributed by atoms with Crippen LogP contribution in [-0.4, -0.2) is 43.0 Å². The first-order valence-corrected chi connectivity index (χ1v) is 8.10. The number of hydrogen-bond donors (Lipinski definition) is 1. The summed E-state index contributed by atoms with van der Waals surface area (Å²) < 4.78 is 32.4. The molecule has 0 aromatic heterocycles. The van der Waals surface area contributed by atoms with Crippen molar-refractivity contribution in [2.75, 3.05) is 19.8 Å². The maximum atomic E-state index is 12.8. The minimum atomic E-state index is -3.59. The van der Waals surface area contributed by atoms with Gasteiger partial charge in [0, 0.05) is 12.1 Å². The molecule has 2 rings (SSSR count). The fraction of sp³-hybridized carbons (Fsp3) is 0.462. The third-order valence-electron chi connectivity index (χ3n) is 3.28. The Kier molecular flexibility index (Phi) is 4.15. The van der Waals surface area contributed by atoms with E-state index in [0.29, 0.717) is 25.3 Å². The predicted octanol–water partition coefficient (Wildman–Crippen LogP) is 1.12. The quantitative estimate of drug-likeness (QED) is 0.847. The molecule has 0 unspecified atom stereocenters. The topological polar surface area (TPSA) is 72.6 Å². The molecule has 0 saturated carbocycles. The molecule has 1 fully saturated rings. The molecular weight excluding hydrogens is 296 g/mol. The number of rotatable bonds is 3. The number of nitrogens with zero attached hydrogens (tertiary/aromatic N) is 1. The van der Waals surface area contributed by atoms with Crippen LogP contribution < -0.4 is 5.73 Å². The first-order valence-electron chi connectivity index (χ1n) is 6.25. The zero-order valence-electron chi connectivity index (χ0n) is 11.5. The van der Waals surface area contributed by atoms with Gasteiger partial charge in [-0.3, -0.25) is 0 Å². The molecule has 0 aliphatic carbocycles. The fourth-order valence-corrected chi connectivity index (χ4v) is 4.15. The normalized spacial score (nSPS) is 19.7. The van der Waals surface area contributed by atoms with E-state index in [2.05, 4.69) is 0 Å². The van der Waals surface area contributed by atoms with Gasteiger partial charge in [-0.1, -0.05) is 24.4 Å². The molecule has 1 aromatic carbocycles. The summed E-state index contributed by atoms with van der Waals surface area (Å²) in [4.78, 5) is 0.390. The van der Waals surface area contributed by atoms with Gasteiger partial charge in [-0.25, -0.2) is 8.42 Å². The minimum Gasteiger partial charge on any atom is -0.389 e. The minimum absolute atomic E-state index is 0.184. The van der Waals surface area contributed by atoms with E-state index >= 15 is 0 Å². The Bertz CT molecular complexity index is 626. The molecule has 0 atom stereocenters. The average Bonchev–Trinajstić information content (AvgIpc) is 2.38. The van der Waals surface area contributed by atoms with Crippen molar-refractivity contribution in [3.8, 4) is 0 Å². The number of benzene rings is 1. The smallest absolute Gasteiger partial charge is 0.243 e. The van der Waals surface area contributed by atoms with Gasteiger partial charge in [0.05, 0.1) is 23.6 Å². The van der Waals surface area contributed by atoms with Crippen LogP contribution in [0.5, 0.6) is 0 Å². The Hall–Kier alpha value is -1.02. The van der Waals surface area contributed by atoms with Crippen molar-refractivity contribution >= 4 is 27.2 Å². The van der Waals surface area contributed by atoms with Crippen molar-refractivity contribution in [3.05, 3.63) is 29.8 Å². The Morgan fingerprint density at radius 3 is 2.75 bits per heavy atom. The Morgan fingerprint density at radius 2 is 2.15 bits per heavy atom. The van der Waals surface area contributed by atoms with Gasteiger partial charge in [0.25, 0.3) is 0 Å². The Labute approximate surface area is 124 Å². The van der Waals surface area contributed by atoms with Crippen molar-refractivity contribution in [3.63, 3.8) is 0 Å². The number of ether oxygens (including phenoxy) is 1. The predicted molar refractivity (Wildman–Crippen MR) is 81.1 cm³/mol. The van der Waals surface area contributed by atoms with Gasteiger partial charge >= 0.3 is 0 Å². The summed E-state index contributed by atoms with van der Waals surface area (Å²) in [7, 11) is -3.59. The molecule has 20 heavy (non-hydrogen) atoms. The first-order chi connectivity index (χ1) is 9.25. The second-order valence-electron chi connectivity index (χ2n) is 5.33. The summed E-state index contributed by atoms with van der Waals surface area (Å²) in [5, 5.41) is 0. The molecule has 1 aromatic rings. The van der Waals surface area contributed by atoms with Crippen molar-refractivity contribution in [2.45, 2.75) is 24.3 Å². The van der Waals surface area contributed by atoms with E-state index in [0.717, 1.165) is 0 Å². The number of nitrogens with two attached hydrogens (primary N) is 1. The van der Waals surface area contributed by atoms with E-state index < -0.39 is 15.6 Å². The monoisotopic (exact) mass is 314 g/mol. The van der Waals surface area contributed by atoms with Gasteiger partial charge in [-0.2, -0.15) is 4.31 Å². The molecule has 110 valence electrons. The van der Waals surface area contributed by atoms with Crippen LogP contribution in [0.15, 0.2) is 29.2 Å². The van der Waals surface area contributed by atoms with Crippen LogP contribution in [0.2, 0.25) is 0 Å². The highest BCUT2D eigenvalue weighted by molar-refractivity contribution is 7.89. The fourth-order valence-electron chi connectivity index (χ4n) is 2.23. The standard InChI is InChI=1S/C13H18N2O3S2/c1-13(2)9-18-7-6-15(13)20(16,17)11-5-3-4-10(8-11)12(14)19/h3-5,8H,6-7,9H2,1-2H3,(H2,14,19). The molecule has 7 heteroatoms. The number of hydrogen-bond acceptors (Lipinski definition) is 4. The molecular formula is C13H18N2O3S2. The van der Waals surface area contributed by atoms with E-state index in [9.17, 15) is 8.42 Å². The van der Waals surface area contributed by atoms with Crippen molar-refractivity contribution in [2.24, 2.45) is 5.73 Å². The van der Waals surface area contributed by atoms with E-state index in [4.69, 9.17) is 22.7 Å². The zero-order valence-corrected chi connectivity index (χ0v) is 13.1. The molecule has 5 nitrogen and oxygen atoms in total. The number of sulfonamides is 1. The van der Waals surface area contributed by atoms with Crippen LogP contribution in [0.4, 0.5) is 0 Å². The van der Waals surface area contributed by atoms with Crippen LogP contribution in [0.25, 0.3) is 0 Å². The largest absolute Gasteiger partial charge is 0.389 e. The number of thiocarbonyl (C=S) groups is 1. The lowest BCUT2D eigenvalue weighted by molar-refractivity contribution is -0.00770. The van der Waals surface area contributed by atoms with E-state index in [-0.39, 0.29) is 9.88 Å². The summed E-state index contributed by atoms with van der Waals surface area (Å²) >= 11 is 4.90. The van der Waals surface area contributed by atoms with Gasteiger partial charge in [-0.15, -0.1) is 0 Å². The zero-order chi connectivity index (χ0) is 15.0. The summed E-state index contributed by atoms with van der Waals surface area (Å²) in [5.74, 6) is 0. The lowest BCUT2D eigenvalue weighted by Gasteiger charge is -2.40. The highest BCUT2D eigenvalue weighted by Crippen LogP contribution is 2.27. The molecule has 2 N–H and O–H groups in total. The molecule has 1 aliphatic rings. The number of morpholine rings is 1. The van der Waals surface area contributed by atoms with E-state index in [1.165, 1.54) is 10.4 Å². The molecule has 1 aliphatic heterocycles. The Morgan fingerprint density at radius 1 is 1.45 bits per heavy atom. The lowest BCUT2D eigenvalue weighted by Crippen LogP contribution is -2.55. The van der Waals surface area contributed by atoms with Crippen LogP contribution in [0, 0.1) is 0 Å². The van der Waals surface area contributed by atoms with Crippen molar-refractivity contribution in [1.29, 1.82) is 0 Å². The van der Waals surface area contributed by atoms with E-state index in [1.807, 2.05) is 13.8 Å².